The quantitative estimate of drug-likeness (QED) is 0.409. The van der Waals surface area contributed by atoms with E-state index in [-0.39, 0.29) is 34.8 Å². The van der Waals surface area contributed by atoms with Crippen LogP contribution in [0.25, 0.3) is 10.8 Å². The zero-order chi connectivity index (χ0) is 23.5. The first-order valence-corrected chi connectivity index (χ1v) is 10.2. The van der Waals surface area contributed by atoms with Crippen LogP contribution in [0.15, 0.2) is 72.8 Å². The molecule has 0 aliphatic rings. The summed E-state index contributed by atoms with van der Waals surface area (Å²) in [5.41, 5.74) is 1.72. The highest BCUT2D eigenvalue weighted by Crippen LogP contribution is 2.38. The number of hydrogen-bond donors (Lipinski definition) is 1. The molecule has 5 nitrogen and oxygen atoms in total. The van der Waals surface area contributed by atoms with Gasteiger partial charge in [-0.15, -0.1) is 0 Å². The molecule has 0 amide bonds. The molecule has 0 saturated carbocycles. The maximum Gasteiger partial charge on any atom is 0.197 e. The third kappa shape index (κ3) is 4.08. The van der Waals surface area contributed by atoms with Crippen LogP contribution < -0.4 is 9.47 Å². The summed E-state index contributed by atoms with van der Waals surface area (Å²) in [5, 5.41) is 10.3. The number of aliphatic hydroxyl groups excluding tert-OH is 1. The molecule has 33 heavy (non-hydrogen) atoms. The molecule has 0 aliphatic heterocycles. The molecule has 0 fully saturated rings. The minimum absolute atomic E-state index is 0.139. The van der Waals surface area contributed by atoms with Crippen molar-refractivity contribution in [3.8, 4) is 11.5 Å². The van der Waals surface area contributed by atoms with E-state index in [1.807, 2.05) is 0 Å². The van der Waals surface area contributed by atoms with E-state index in [0.717, 1.165) is 0 Å². The van der Waals surface area contributed by atoms with E-state index < -0.39 is 11.6 Å². The van der Waals surface area contributed by atoms with Crippen molar-refractivity contribution in [3.05, 3.63) is 106 Å². The zero-order valence-corrected chi connectivity index (χ0v) is 18.1. The predicted molar refractivity (Wildman–Crippen MR) is 123 cm³/mol. The first-order valence-electron chi connectivity index (χ1n) is 10.2. The van der Waals surface area contributed by atoms with E-state index in [1.165, 1.54) is 38.5 Å². The highest BCUT2D eigenvalue weighted by molar-refractivity contribution is 6.26. The number of benzene rings is 4. The van der Waals surface area contributed by atoms with Gasteiger partial charge in [0.2, 0.25) is 0 Å². The SMILES string of the molecule is COc1ccc2ccc(OC)c(C(=O)c3ccc(CO)cc3)c2c1C(=O)c1ccc(F)cc1. The Morgan fingerprint density at radius 2 is 1.18 bits per heavy atom. The van der Waals surface area contributed by atoms with Gasteiger partial charge in [-0.1, -0.05) is 36.4 Å². The molecule has 0 atom stereocenters. The number of halogens is 1. The number of carbonyl (C=O) groups excluding carboxylic acids is 2. The molecule has 0 bridgehead atoms. The lowest BCUT2D eigenvalue weighted by Crippen LogP contribution is -2.11. The van der Waals surface area contributed by atoms with Crippen LogP contribution in [-0.2, 0) is 6.61 Å². The van der Waals surface area contributed by atoms with Gasteiger partial charge >= 0.3 is 0 Å². The van der Waals surface area contributed by atoms with E-state index in [4.69, 9.17) is 9.47 Å². The third-order valence-electron chi connectivity index (χ3n) is 5.51. The van der Waals surface area contributed by atoms with E-state index in [2.05, 4.69) is 0 Å². The van der Waals surface area contributed by atoms with Gasteiger partial charge in [0, 0.05) is 16.5 Å². The minimum atomic E-state index is -0.458. The summed E-state index contributed by atoms with van der Waals surface area (Å²) in [4.78, 5) is 27.2. The first kappa shape index (κ1) is 22.2. The smallest absolute Gasteiger partial charge is 0.197 e. The van der Waals surface area contributed by atoms with Crippen LogP contribution in [0, 0.1) is 5.82 Å². The monoisotopic (exact) mass is 444 g/mol. The minimum Gasteiger partial charge on any atom is -0.496 e. The van der Waals surface area contributed by atoms with Gasteiger partial charge in [0.25, 0.3) is 0 Å². The second-order valence-electron chi connectivity index (χ2n) is 7.40. The molecule has 4 rings (SSSR count). The number of ketones is 2. The second-order valence-corrected chi connectivity index (χ2v) is 7.40. The van der Waals surface area contributed by atoms with Gasteiger partial charge in [0.1, 0.15) is 17.3 Å². The normalized spacial score (nSPS) is 10.8. The molecule has 4 aromatic rings. The van der Waals surface area contributed by atoms with Crippen molar-refractivity contribution in [1.29, 1.82) is 0 Å². The fourth-order valence-corrected chi connectivity index (χ4v) is 3.82. The number of carbonyl (C=O) groups is 2. The average molecular weight is 444 g/mol. The molecule has 0 spiro atoms. The molecule has 0 heterocycles. The molecular formula is C27H21FO5. The van der Waals surface area contributed by atoms with Gasteiger partial charge < -0.3 is 14.6 Å². The number of rotatable bonds is 7. The van der Waals surface area contributed by atoms with Crippen molar-refractivity contribution in [2.45, 2.75) is 6.61 Å². The van der Waals surface area contributed by atoms with Crippen molar-refractivity contribution >= 4 is 22.3 Å². The molecule has 0 aromatic heterocycles. The van der Waals surface area contributed by atoms with Crippen LogP contribution in [0.2, 0.25) is 0 Å². The Labute approximate surface area is 190 Å². The third-order valence-corrected chi connectivity index (χ3v) is 5.51. The van der Waals surface area contributed by atoms with Crippen molar-refractivity contribution in [2.75, 3.05) is 14.2 Å². The summed E-state index contributed by atoms with van der Waals surface area (Å²) < 4.78 is 24.4. The maximum absolute atomic E-state index is 13.7. The van der Waals surface area contributed by atoms with Crippen molar-refractivity contribution in [3.63, 3.8) is 0 Å². The molecule has 4 aromatic carbocycles. The fourth-order valence-electron chi connectivity index (χ4n) is 3.82. The Balaban J connectivity index is 2.01. The van der Waals surface area contributed by atoms with Crippen LogP contribution in [0.5, 0.6) is 11.5 Å². The first-order chi connectivity index (χ1) is 16.0. The molecular weight excluding hydrogens is 423 g/mol. The lowest BCUT2D eigenvalue weighted by atomic mass is 9.89. The lowest BCUT2D eigenvalue weighted by molar-refractivity contribution is 0.103. The van der Waals surface area contributed by atoms with Crippen LogP contribution in [-0.4, -0.2) is 30.9 Å². The summed E-state index contributed by atoms with van der Waals surface area (Å²) in [6.45, 7) is -0.139. The Morgan fingerprint density at radius 3 is 1.61 bits per heavy atom. The van der Waals surface area contributed by atoms with Gasteiger partial charge in [-0.25, -0.2) is 4.39 Å². The molecule has 0 unspecified atom stereocenters. The molecule has 6 heteroatoms. The van der Waals surface area contributed by atoms with Gasteiger partial charge in [0.05, 0.1) is 32.0 Å². The Bertz CT molecular complexity index is 1340. The number of methoxy groups -OCH3 is 2. The number of aliphatic hydroxyl groups is 1. The highest BCUT2D eigenvalue weighted by Gasteiger charge is 2.26. The van der Waals surface area contributed by atoms with Crippen LogP contribution >= 0.6 is 0 Å². The molecule has 0 aliphatic carbocycles. The lowest BCUT2D eigenvalue weighted by Gasteiger charge is -2.17. The molecule has 0 radical (unpaired) electrons. The fraction of sp³-hybridized carbons (Fsp3) is 0.111. The molecule has 166 valence electrons. The van der Waals surface area contributed by atoms with Gasteiger partial charge in [0.15, 0.2) is 11.6 Å². The van der Waals surface area contributed by atoms with E-state index in [0.29, 0.717) is 27.6 Å². The number of fused-ring (bicyclic) bond motifs is 1. The molecule has 1 N–H and O–H groups in total. The number of hydrogen-bond acceptors (Lipinski definition) is 5. The van der Waals surface area contributed by atoms with Crippen molar-refractivity contribution < 1.29 is 28.6 Å². The summed E-state index contributed by atoms with van der Waals surface area (Å²) in [6.07, 6.45) is 0. The van der Waals surface area contributed by atoms with E-state index in [1.54, 1.807) is 48.5 Å². The Hall–Kier alpha value is -4.03. The van der Waals surface area contributed by atoms with Crippen LogP contribution in [0.4, 0.5) is 4.39 Å². The summed E-state index contributed by atoms with van der Waals surface area (Å²) >= 11 is 0. The standard InChI is InChI=1S/C27H21FO5/c1-32-21-13-9-17-10-14-22(33-2)25(27(31)19-7-11-20(28)12-8-19)23(17)24(21)26(30)18-5-3-16(15-29)4-6-18/h3-14,29H,15H2,1-2H3. The van der Waals surface area contributed by atoms with E-state index >= 15 is 0 Å². The Morgan fingerprint density at radius 1 is 0.727 bits per heavy atom. The van der Waals surface area contributed by atoms with Crippen molar-refractivity contribution in [2.24, 2.45) is 0 Å². The second kappa shape index (κ2) is 9.22. The highest BCUT2D eigenvalue weighted by atomic mass is 19.1. The van der Waals surface area contributed by atoms with Gasteiger partial charge in [-0.05, 0) is 47.3 Å². The van der Waals surface area contributed by atoms with Crippen molar-refractivity contribution in [1.82, 2.24) is 0 Å². The van der Waals surface area contributed by atoms with Crippen LogP contribution in [0.3, 0.4) is 0 Å². The summed E-state index contributed by atoms with van der Waals surface area (Å²) in [6, 6.07) is 18.6. The largest absolute Gasteiger partial charge is 0.496 e. The van der Waals surface area contributed by atoms with E-state index in [9.17, 15) is 19.1 Å². The van der Waals surface area contributed by atoms with Gasteiger partial charge in [-0.3, -0.25) is 9.59 Å². The predicted octanol–water partition coefficient (Wildman–Crippen LogP) is 4.95. The van der Waals surface area contributed by atoms with Gasteiger partial charge in [-0.2, -0.15) is 0 Å². The average Bonchev–Trinajstić information content (AvgIpc) is 2.86. The summed E-state index contributed by atoms with van der Waals surface area (Å²) in [7, 11) is 2.90. The Kier molecular flexibility index (Phi) is 6.20. The zero-order valence-electron chi connectivity index (χ0n) is 18.1. The molecule has 0 saturated heterocycles. The number of ether oxygens (including phenoxy) is 2. The summed E-state index contributed by atoms with van der Waals surface area (Å²) in [5.74, 6) is -0.617. The van der Waals surface area contributed by atoms with Crippen LogP contribution in [0.1, 0.15) is 37.4 Å². The topological polar surface area (TPSA) is 72.8 Å². The maximum atomic E-state index is 13.7.